The first-order valence-corrected chi connectivity index (χ1v) is 13.9. The van der Waals surface area contributed by atoms with Gasteiger partial charge >= 0.3 is 0 Å². The highest BCUT2D eigenvalue weighted by atomic mass is 35.5. The molecule has 2 fully saturated rings. The van der Waals surface area contributed by atoms with Gasteiger partial charge in [-0.25, -0.2) is 9.37 Å². The van der Waals surface area contributed by atoms with Crippen molar-refractivity contribution in [1.82, 2.24) is 19.8 Å². The molecule has 11 nitrogen and oxygen atoms in total. The molecule has 1 aromatic heterocycles. The molecule has 0 saturated carbocycles. The Labute approximate surface area is 251 Å². The monoisotopic (exact) mass is 619 g/mol. The number of halogens is 3. The van der Waals surface area contributed by atoms with Gasteiger partial charge in [-0.1, -0.05) is 11.6 Å². The number of hydrogen-bond acceptors (Lipinski definition) is 7. The Morgan fingerprint density at radius 1 is 1.19 bits per heavy atom. The van der Waals surface area contributed by atoms with Crippen LogP contribution in [0, 0.1) is 17.6 Å². The minimum Gasteiger partial charge on any atom is -0.494 e. The number of anilines is 1. The number of benzene rings is 2. The van der Waals surface area contributed by atoms with Gasteiger partial charge in [-0.2, -0.15) is 4.39 Å². The summed E-state index contributed by atoms with van der Waals surface area (Å²) >= 11 is 6.44. The highest BCUT2D eigenvalue weighted by Gasteiger charge is 2.27. The maximum absolute atomic E-state index is 14.6. The van der Waals surface area contributed by atoms with Gasteiger partial charge in [0.15, 0.2) is 17.4 Å². The molecule has 43 heavy (non-hydrogen) atoms. The van der Waals surface area contributed by atoms with Crippen molar-refractivity contribution in [2.75, 3.05) is 45.2 Å². The van der Waals surface area contributed by atoms with E-state index in [2.05, 4.69) is 15.6 Å². The van der Waals surface area contributed by atoms with Gasteiger partial charge in [-0.15, -0.1) is 0 Å². The minimum absolute atomic E-state index is 0.0273. The van der Waals surface area contributed by atoms with Crippen molar-refractivity contribution in [2.24, 2.45) is 13.0 Å². The third kappa shape index (κ3) is 7.29. The molecule has 230 valence electrons. The number of carboxylic acid groups (broad SMARTS) is 1. The molecule has 0 radical (unpaired) electrons. The predicted octanol–water partition coefficient (Wildman–Crippen LogP) is 3.82. The van der Waals surface area contributed by atoms with Crippen LogP contribution in [0.5, 0.6) is 5.75 Å². The third-order valence-corrected chi connectivity index (χ3v) is 7.67. The van der Waals surface area contributed by atoms with Gasteiger partial charge in [0.2, 0.25) is 5.82 Å². The second-order valence-corrected chi connectivity index (χ2v) is 10.5. The fourth-order valence-electron chi connectivity index (χ4n) is 4.85. The summed E-state index contributed by atoms with van der Waals surface area (Å²) in [4.78, 5) is 40.3. The molecule has 2 aliphatic rings. The molecule has 5 rings (SSSR count). The fourth-order valence-corrected chi connectivity index (χ4v) is 5.11. The number of methoxy groups -OCH3 is 1. The summed E-state index contributed by atoms with van der Waals surface area (Å²) in [6.07, 6.45) is 2.99. The van der Waals surface area contributed by atoms with Crippen LogP contribution >= 0.6 is 11.6 Å². The summed E-state index contributed by atoms with van der Waals surface area (Å²) in [5, 5.41) is 13.0. The van der Waals surface area contributed by atoms with Crippen LogP contribution in [-0.4, -0.2) is 83.8 Å². The van der Waals surface area contributed by atoms with E-state index in [1.807, 2.05) is 0 Å². The molecule has 2 amide bonds. The van der Waals surface area contributed by atoms with Crippen LogP contribution in [0.25, 0.3) is 11.3 Å². The quantitative estimate of drug-likeness (QED) is 0.324. The van der Waals surface area contributed by atoms with Gasteiger partial charge in [0, 0.05) is 50.4 Å². The second-order valence-electron chi connectivity index (χ2n) is 10.1. The number of carbonyl (C=O) groups is 3. The average Bonchev–Trinajstić information content (AvgIpc) is 3.35. The van der Waals surface area contributed by atoms with Crippen LogP contribution in [0.4, 0.5) is 14.5 Å². The number of nitrogens with zero attached hydrogens (tertiary/aromatic N) is 3. The lowest BCUT2D eigenvalue weighted by Crippen LogP contribution is -2.46. The smallest absolute Gasteiger partial charge is 0.291 e. The van der Waals surface area contributed by atoms with Gasteiger partial charge in [-0.3, -0.25) is 14.4 Å². The maximum atomic E-state index is 14.6. The van der Waals surface area contributed by atoms with Crippen LogP contribution in [0.15, 0.2) is 36.5 Å². The largest absolute Gasteiger partial charge is 0.494 e. The third-order valence-electron chi connectivity index (χ3n) is 7.35. The summed E-state index contributed by atoms with van der Waals surface area (Å²) in [5.41, 5.74) is 0.841. The zero-order valence-electron chi connectivity index (χ0n) is 23.6. The zero-order valence-corrected chi connectivity index (χ0v) is 24.4. The Bertz CT molecular complexity index is 1470. The Kier molecular flexibility index (Phi) is 10.7. The van der Waals surface area contributed by atoms with Crippen molar-refractivity contribution in [3.05, 3.63) is 64.6 Å². The van der Waals surface area contributed by atoms with Crippen molar-refractivity contribution in [1.29, 1.82) is 0 Å². The lowest BCUT2D eigenvalue weighted by atomic mass is 10.0. The van der Waals surface area contributed by atoms with Crippen LogP contribution < -0.4 is 15.4 Å². The molecule has 0 aliphatic carbocycles. The van der Waals surface area contributed by atoms with Crippen molar-refractivity contribution in [3.63, 3.8) is 0 Å². The van der Waals surface area contributed by atoms with E-state index in [4.69, 9.17) is 31.0 Å². The topological polar surface area (TPSA) is 135 Å². The van der Waals surface area contributed by atoms with Crippen LogP contribution in [0.1, 0.15) is 33.8 Å². The van der Waals surface area contributed by atoms with Gasteiger partial charge in [-0.05, 0) is 43.2 Å². The van der Waals surface area contributed by atoms with Gasteiger partial charge in [0.05, 0.1) is 42.3 Å². The molecule has 3 aromatic rings. The molecule has 3 heterocycles. The highest BCUT2D eigenvalue weighted by Crippen LogP contribution is 2.30. The van der Waals surface area contributed by atoms with E-state index in [-0.39, 0.29) is 46.3 Å². The predicted molar refractivity (Wildman–Crippen MR) is 154 cm³/mol. The number of piperidine rings is 1. The minimum atomic E-state index is -1.13. The first-order valence-electron chi connectivity index (χ1n) is 13.5. The number of hydrogen-bond donors (Lipinski definition) is 3. The van der Waals surface area contributed by atoms with Crippen molar-refractivity contribution in [3.8, 4) is 17.0 Å². The van der Waals surface area contributed by atoms with Crippen molar-refractivity contribution < 1.29 is 37.7 Å². The summed E-state index contributed by atoms with van der Waals surface area (Å²) in [6.45, 7) is 3.67. The maximum Gasteiger partial charge on any atom is 0.291 e. The Hall–Kier alpha value is -4.07. The number of rotatable bonds is 8. The van der Waals surface area contributed by atoms with Gasteiger partial charge in [0.1, 0.15) is 0 Å². The lowest BCUT2D eigenvalue weighted by molar-refractivity contribution is -0.122. The summed E-state index contributed by atoms with van der Waals surface area (Å²) in [6, 6.07) is 7.31. The number of aromatic nitrogens is 2. The van der Waals surface area contributed by atoms with E-state index in [1.54, 1.807) is 17.0 Å². The van der Waals surface area contributed by atoms with E-state index >= 15 is 0 Å². The Morgan fingerprint density at radius 3 is 2.49 bits per heavy atom. The highest BCUT2D eigenvalue weighted by molar-refractivity contribution is 6.34. The number of ether oxygens (including phenoxy) is 2. The molecule has 14 heteroatoms. The number of amides is 2. The number of likely N-dealkylation sites (tertiary alicyclic amines) is 1. The van der Waals surface area contributed by atoms with E-state index in [1.165, 1.54) is 43.1 Å². The SMILES string of the molecule is COc1ccc(-c2cnc(C(=O)Nc3ccc(C(=O)N4CCC(OCC5CNC5)CC4)c(Cl)c3)n2C)c(F)c1F.O=CO. The first-order chi connectivity index (χ1) is 20.7. The normalized spacial score (nSPS) is 15.2. The molecule has 0 spiro atoms. The summed E-state index contributed by atoms with van der Waals surface area (Å²) < 4.78 is 41.0. The molecule has 0 bridgehead atoms. The summed E-state index contributed by atoms with van der Waals surface area (Å²) in [7, 11) is 2.76. The van der Waals surface area contributed by atoms with Gasteiger partial charge < -0.3 is 34.7 Å². The Balaban J connectivity index is 0.00000135. The second kappa shape index (κ2) is 14.4. The van der Waals surface area contributed by atoms with Gasteiger partial charge in [0.25, 0.3) is 18.3 Å². The van der Waals surface area contributed by atoms with Crippen LogP contribution in [0.2, 0.25) is 5.02 Å². The molecular weight excluding hydrogens is 588 g/mol. The molecule has 0 atom stereocenters. The van der Waals surface area contributed by atoms with E-state index < -0.39 is 17.5 Å². The molecule has 2 saturated heterocycles. The standard InChI is InChI=1S/C28H30ClF2N5O4.CH2O2/c1-35-22(20-5-6-23(39-2)25(31)24(20)30)14-33-26(35)27(37)34-17-3-4-19(21(29)11-17)28(38)36-9-7-18(8-10-36)40-15-16-12-32-13-16;2-1-3/h3-6,11,14,16,18,32H,7-10,12-13,15H2,1-2H3,(H,34,37);1H,(H,2,3). The first kappa shape index (κ1) is 31.9. The fraction of sp³-hybridized carbons (Fsp3) is 0.379. The van der Waals surface area contributed by atoms with E-state index in [0.29, 0.717) is 30.3 Å². The van der Waals surface area contributed by atoms with E-state index in [0.717, 1.165) is 32.5 Å². The zero-order chi connectivity index (χ0) is 31.1. The number of carbonyl (C=O) groups excluding carboxylic acids is 2. The molecule has 2 aliphatic heterocycles. The number of imidazole rings is 1. The molecular formula is C29H32ClF2N5O6. The molecule has 2 aromatic carbocycles. The van der Waals surface area contributed by atoms with Crippen molar-refractivity contribution >= 4 is 35.6 Å². The summed E-state index contributed by atoms with van der Waals surface area (Å²) in [5.74, 6) is -2.67. The molecule has 0 unspecified atom stereocenters. The van der Waals surface area contributed by atoms with Crippen LogP contribution in [0.3, 0.4) is 0 Å². The van der Waals surface area contributed by atoms with Crippen molar-refractivity contribution in [2.45, 2.75) is 18.9 Å². The van der Waals surface area contributed by atoms with Crippen LogP contribution in [-0.2, 0) is 16.6 Å². The lowest BCUT2D eigenvalue weighted by Gasteiger charge is -2.34. The molecule has 3 N–H and O–H groups in total. The Morgan fingerprint density at radius 2 is 1.88 bits per heavy atom. The number of nitrogens with one attached hydrogen (secondary N) is 2. The average molecular weight is 620 g/mol. The van der Waals surface area contributed by atoms with E-state index in [9.17, 15) is 18.4 Å².